The summed E-state index contributed by atoms with van der Waals surface area (Å²) in [7, 11) is -3.62. The molecule has 0 amide bonds. The third kappa shape index (κ3) is 3.31. The third-order valence-corrected chi connectivity index (χ3v) is 4.26. The SMILES string of the molecule is CCc1cccnc1CNS(=O)(=O)c1ccnc(N)c1. The zero-order valence-electron chi connectivity index (χ0n) is 11.1. The van der Waals surface area contributed by atoms with Gasteiger partial charge in [0.25, 0.3) is 0 Å². The monoisotopic (exact) mass is 292 g/mol. The van der Waals surface area contributed by atoms with Crippen LogP contribution in [-0.4, -0.2) is 18.4 Å². The van der Waals surface area contributed by atoms with Crippen LogP contribution < -0.4 is 10.5 Å². The summed E-state index contributed by atoms with van der Waals surface area (Å²) in [5.41, 5.74) is 7.23. The van der Waals surface area contributed by atoms with E-state index in [1.54, 1.807) is 6.20 Å². The Kier molecular flexibility index (Phi) is 4.31. The minimum Gasteiger partial charge on any atom is -0.384 e. The van der Waals surface area contributed by atoms with E-state index in [2.05, 4.69) is 14.7 Å². The average molecular weight is 292 g/mol. The van der Waals surface area contributed by atoms with Crippen LogP contribution in [-0.2, 0) is 23.0 Å². The van der Waals surface area contributed by atoms with Gasteiger partial charge in [-0.15, -0.1) is 0 Å². The van der Waals surface area contributed by atoms with Crippen LogP contribution in [0.1, 0.15) is 18.2 Å². The van der Waals surface area contributed by atoms with Gasteiger partial charge in [0.1, 0.15) is 5.82 Å². The van der Waals surface area contributed by atoms with Gasteiger partial charge < -0.3 is 5.73 Å². The van der Waals surface area contributed by atoms with Crippen molar-refractivity contribution in [2.45, 2.75) is 24.8 Å². The number of anilines is 1. The van der Waals surface area contributed by atoms with E-state index in [9.17, 15) is 8.42 Å². The Balaban J connectivity index is 2.17. The summed E-state index contributed by atoms with van der Waals surface area (Å²) < 4.78 is 26.8. The van der Waals surface area contributed by atoms with Crippen LogP contribution in [0.5, 0.6) is 0 Å². The van der Waals surface area contributed by atoms with Crippen molar-refractivity contribution in [1.29, 1.82) is 0 Å². The van der Waals surface area contributed by atoms with Crippen LogP contribution in [0.4, 0.5) is 5.82 Å². The number of aromatic nitrogens is 2. The lowest BCUT2D eigenvalue weighted by atomic mass is 10.1. The zero-order chi connectivity index (χ0) is 14.6. The second kappa shape index (κ2) is 5.98. The van der Waals surface area contributed by atoms with E-state index >= 15 is 0 Å². The lowest BCUT2D eigenvalue weighted by molar-refractivity contribution is 0.580. The molecule has 0 aliphatic rings. The van der Waals surface area contributed by atoms with Crippen LogP contribution in [0.15, 0.2) is 41.6 Å². The molecule has 0 bridgehead atoms. The van der Waals surface area contributed by atoms with Gasteiger partial charge in [0.15, 0.2) is 0 Å². The molecule has 0 unspecified atom stereocenters. The van der Waals surface area contributed by atoms with Crippen LogP contribution >= 0.6 is 0 Å². The lowest BCUT2D eigenvalue weighted by Crippen LogP contribution is -2.24. The molecule has 2 aromatic heterocycles. The molecule has 2 heterocycles. The van der Waals surface area contributed by atoms with Crippen molar-refractivity contribution >= 4 is 15.8 Å². The van der Waals surface area contributed by atoms with Crippen molar-refractivity contribution in [2.75, 3.05) is 5.73 Å². The summed E-state index contributed by atoms with van der Waals surface area (Å²) in [5, 5.41) is 0. The summed E-state index contributed by atoms with van der Waals surface area (Å²) >= 11 is 0. The summed E-state index contributed by atoms with van der Waals surface area (Å²) in [4.78, 5) is 8.07. The Hall–Kier alpha value is -1.99. The minimum atomic E-state index is -3.62. The van der Waals surface area contributed by atoms with Crippen molar-refractivity contribution < 1.29 is 8.42 Å². The average Bonchev–Trinajstić information content (AvgIpc) is 2.45. The summed E-state index contributed by atoms with van der Waals surface area (Å²) in [6.07, 6.45) is 3.81. The molecule has 0 atom stereocenters. The van der Waals surface area contributed by atoms with Gasteiger partial charge >= 0.3 is 0 Å². The Morgan fingerprint density at radius 1 is 1.25 bits per heavy atom. The Morgan fingerprint density at radius 2 is 2.05 bits per heavy atom. The summed E-state index contributed by atoms with van der Waals surface area (Å²) in [6.45, 7) is 2.15. The molecule has 6 nitrogen and oxygen atoms in total. The zero-order valence-corrected chi connectivity index (χ0v) is 11.9. The van der Waals surface area contributed by atoms with E-state index in [0.717, 1.165) is 17.7 Å². The molecule has 0 fully saturated rings. The summed E-state index contributed by atoms with van der Waals surface area (Å²) in [6, 6.07) is 6.49. The second-order valence-corrected chi connectivity index (χ2v) is 5.97. The Labute approximate surface area is 118 Å². The molecule has 2 rings (SSSR count). The normalized spacial score (nSPS) is 11.4. The topological polar surface area (TPSA) is 98.0 Å². The highest BCUT2D eigenvalue weighted by atomic mass is 32.2. The fourth-order valence-electron chi connectivity index (χ4n) is 1.79. The first-order valence-electron chi connectivity index (χ1n) is 6.17. The number of hydrogen-bond acceptors (Lipinski definition) is 5. The van der Waals surface area contributed by atoms with Gasteiger partial charge in [-0.05, 0) is 24.1 Å². The first-order chi connectivity index (χ1) is 9.53. The molecule has 0 saturated carbocycles. The predicted molar refractivity (Wildman–Crippen MR) is 76.3 cm³/mol. The maximum absolute atomic E-state index is 12.1. The molecule has 0 saturated heterocycles. The predicted octanol–water partition coefficient (Wildman–Crippen LogP) is 1.10. The highest BCUT2D eigenvalue weighted by Crippen LogP contribution is 2.12. The highest BCUT2D eigenvalue weighted by molar-refractivity contribution is 7.89. The van der Waals surface area contributed by atoms with Gasteiger partial charge in [-0.25, -0.2) is 18.1 Å². The van der Waals surface area contributed by atoms with Crippen molar-refractivity contribution in [1.82, 2.24) is 14.7 Å². The van der Waals surface area contributed by atoms with Gasteiger partial charge in [0.2, 0.25) is 10.0 Å². The van der Waals surface area contributed by atoms with Crippen LogP contribution in [0.25, 0.3) is 0 Å². The smallest absolute Gasteiger partial charge is 0.241 e. The fourth-order valence-corrected chi connectivity index (χ4v) is 2.80. The molecule has 0 aliphatic heterocycles. The van der Waals surface area contributed by atoms with E-state index in [4.69, 9.17) is 5.73 Å². The van der Waals surface area contributed by atoms with E-state index < -0.39 is 10.0 Å². The minimum absolute atomic E-state index is 0.0963. The molecule has 0 spiro atoms. The maximum Gasteiger partial charge on any atom is 0.241 e. The molecule has 20 heavy (non-hydrogen) atoms. The number of nitrogens with one attached hydrogen (secondary N) is 1. The molecular formula is C13H16N4O2S. The van der Waals surface area contributed by atoms with Crippen LogP contribution in [0.3, 0.4) is 0 Å². The number of rotatable bonds is 5. The number of sulfonamides is 1. The summed E-state index contributed by atoms with van der Waals surface area (Å²) in [5.74, 6) is 0.167. The van der Waals surface area contributed by atoms with Crippen molar-refractivity contribution in [2.24, 2.45) is 0 Å². The van der Waals surface area contributed by atoms with E-state index in [1.807, 2.05) is 19.1 Å². The standard InChI is InChI=1S/C13H16N4O2S/c1-2-10-4-3-6-15-12(10)9-17-20(18,19)11-5-7-16-13(14)8-11/h3-8,17H,2,9H2,1H3,(H2,14,16). The van der Waals surface area contributed by atoms with Crippen molar-refractivity contribution in [3.8, 4) is 0 Å². The number of hydrogen-bond donors (Lipinski definition) is 2. The molecule has 106 valence electrons. The molecule has 2 aromatic rings. The Morgan fingerprint density at radius 3 is 2.75 bits per heavy atom. The second-order valence-electron chi connectivity index (χ2n) is 4.20. The first-order valence-corrected chi connectivity index (χ1v) is 7.65. The third-order valence-electron chi connectivity index (χ3n) is 2.86. The molecule has 0 aliphatic carbocycles. The van der Waals surface area contributed by atoms with Gasteiger partial charge in [-0.3, -0.25) is 4.98 Å². The van der Waals surface area contributed by atoms with Gasteiger partial charge in [0, 0.05) is 18.5 Å². The van der Waals surface area contributed by atoms with Gasteiger partial charge in [-0.2, -0.15) is 0 Å². The number of pyridine rings is 2. The van der Waals surface area contributed by atoms with Crippen LogP contribution in [0.2, 0.25) is 0 Å². The lowest BCUT2D eigenvalue weighted by Gasteiger charge is -2.09. The molecule has 7 heteroatoms. The van der Waals surface area contributed by atoms with Crippen molar-refractivity contribution in [3.05, 3.63) is 47.9 Å². The number of nitrogen functional groups attached to an aromatic ring is 1. The highest BCUT2D eigenvalue weighted by Gasteiger charge is 2.15. The van der Waals surface area contributed by atoms with Gasteiger partial charge in [-0.1, -0.05) is 13.0 Å². The van der Waals surface area contributed by atoms with E-state index in [0.29, 0.717) is 0 Å². The molecule has 0 aromatic carbocycles. The fraction of sp³-hybridized carbons (Fsp3) is 0.231. The molecule has 0 radical (unpaired) electrons. The number of aryl methyl sites for hydroxylation is 1. The van der Waals surface area contributed by atoms with Crippen LogP contribution in [0, 0.1) is 0 Å². The first kappa shape index (κ1) is 14.4. The Bertz CT molecular complexity index is 701. The van der Waals surface area contributed by atoms with E-state index in [1.165, 1.54) is 18.3 Å². The quantitative estimate of drug-likeness (QED) is 0.860. The molecule has 3 N–H and O–H groups in total. The van der Waals surface area contributed by atoms with E-state index in [-0.39, 0.29) is 17.3 Å². The van der Waals surface area contributed by atoms with Gasteiger partial charge in [0.05, 0.1) is 17.1 Å². The number of nitrogens with two attached hydrogens (primary N) is 1. The molecular weight excluding hydrogens is 276 g/mol. The maximum atomic E-state index is 12.1. The van der Waals surface area contributed by atoms with Crippen molar-refractivity contribution in [3.63, 3.8) is 0 Å². The number of nitrogens with zero attached hydrogens (tertiary/aromatic N) is 2. The largest absolute Gasteiger partial charge is 0.384 e.